The van der Waals surface area contributed by atoms with Gasteiger partial charge in [-0.25, -0.2) is 4.39 Å². The smallest absolute Gasteiger partial charge is 0.270 e. The molecule has 1 aromatic carbocycles. The van der Waals surface area contributed by atoms with Gasteiger partial charge in [-0.15, -0.1) is 0 Å². The van der Waals surface area contributed by atoms with Crippen LogP contribution in [0.1, 0.15) is 27.6 Å². The molecular weight excluding hydrogens is 283 g/mol. The average molecular weight is 294 g/mol. The fraction of sp³-hybridized carbons (Fsp3) is 0.250. The normalized spacial score (nSPS) is 10.4. The van der Waals surface area contributed by atoms with Gasteiger partial charge in [0.05, 0.1) is 17.0 Å². The molecule has 2 rings (SSSR count). The number of amides is 1. The highest BCUT2D eigenvalue weighted by Crippen LogP contribution is 2.21. The third kappa shape index (κ3) is 3.19. The Morgan fingerprint density at radius 1 is 1.48 bits per heavy atom. The van der Waals surface area contributed by atoms with Gasteiger partial charge in [0, 0.05) is 19.1 Å². The van der Waals surface area contributed by atoms with Crippen molar-refractivity contribution in [2.45, 2.75) is 20.4 Å². The summed E-state index contributed by atoms with van der Waals surface area (Å²) in [6, 6.07) is 1.95. The highest BCUT2D eigenvalue weighted by molar-refractivity contribution is 5.95. The van der Waals surface area contributed by atoms with Gasteiger partial charge in [0.15, 0.2) is 5.82 Å². The number of rotatable bonds is 4. The monoisotopic (exact) mass is 294 g/mol. The summed E-state index contributed by atoms with van der Waals surface area (Å²) in [6.45, 7) is 2.86. The van der Waals surface area contributed by atoms with Crippen molar-refractivity contribution in [3.8, 4) is 0 Å². The van der Waals surface area contributed by atoms with Crippen LogP contribution in [0, 0.1) is 29.8 Å². The molecule has 1 N–H and O–H groups in total. The van der Waals surface area contributed by atoms with Crippen LogP contribution >= 0.6 is 0 Å². The molecule has 1 heterocycles. The topological polar surface area (TPSA) is 111 Å². The summed E-state index contributed by atoms with van der Waals surface area (Å²) in [4.78, 5) is 25.8. The molecule has 0 aliphatic carbocycles. The summed E-state index contributed by atoms with van der Waals surface area (Å²) in [5, 5.41) is 16.7. The zero-order valence-corrected chi connectivity index (χ0v) is 11.2. The number of nitrogens with one attached hydrogen (secondary N) is 1. The Labute approximate surface area is 118 Å². The lowest BCUT2D eigenvalue weighted by Crippen LogP contribution is -2.24. The number of aromatic nitrogens is 2. The Kier molecular flexibility index (Phi) is 3.92. The second-order valence-electron chi connectivity index (χ2n) is 4.29. The number of hydrogen-bond acceptors (Lipinski definition) is 6. The summed E-state index contributed by atoms with van der Waals surface area (Å²) >= 11 is 0. The summed E-state index contributed by atoms with van der Waals surface area (Å²) in [5.41, 5.74) is -0.735. The van der Waals surface area contributed by atoms with Gasteiger partial charge in [0.1, 0.15) is 5.82 Å². The first-order valence-electron chi connectivity index (χ1n) is 5.90. The SMILES string of the molecule is Cc1nc(CNC(=O)c2cc([N+](=O)[O-])cc(C)c2F)no1. The van der Waals surface area contributed by atoms with Crippen molar-refractivity contribution in [3.63, 3.8) is 0 Å². The minimum Gasteiger partial charge on any atom is -0.345 e. The fourth-order valence-corrected chi connectivity index (χ4v) is 1.69. The molecule has 0 atom stereocenters. The van der Waals surface area contributed by atoms with Gasteiger partial charge in [0.2, 0.25) is 5.89 Å². The van der Waals surface area contributed by atoms with Gasteiger partial charge in [-0.1, -0.05) is 5.16 Å². The molecule has 0 saturated carbocycles. The quantitative estimate of drug-likeness (QED) is 0.678. The van der Waals surface area contributed by atoms with E-state index in [1.54, 1.807) is 6.92 Å². The lowest BCUT2D eigenvalue weighted by atomic mass is 10.1. The van der Waals surface area contributed by atoms with E-state index >= 15 is 0 Å². The molecule has 0 spiro atoms. The Morgan fingerprint density at radius 2 is 2.19 bits per heavy atom. The van der Waals surface area contributed by atoms with E-state index in [0.717, 1.165) is 12.1 Å². The van der Waals surface area contributed by atoms with Gasteiger partial charge in [0.25, 0.3) is 11.6 Å². The van der Waals surface area contributed by atoms with Crippen molar-refractivity contribution in [1.82, 2.24) is 15.5 Å². The first-order chi connectivity index (χ1) is 9.88. The van der Waals surface area contributed by atoms with Crippen LogP contribution in [0.5, 0.6) is 0 Å². The number of hydrogen-bond donors (Lipinski definition) is 1. The highest BCUT2D eigenvalue weighted by Gasteiger charge is 2.20. The third-order valence-electron chi connectivity index (χ3n) is 2.67. The minimum atomic E-state index is -0.803. The van der Waals surface area contributed by atoms with Crippen molar-refractivity contribution in [2.75, 3.05) is 0 Å². The molecular formula is C12H11FN4O4. The molecule has 9 heteroatoms. The molecule has 21 heavy (non-hydrogen) atoms. The van der Waals surface area contributed by atoms with Crippen LogP contribution in [0.4, 0.5) is 10.1 Å². The summed E-state index contributed by atoms with van der Waals surface area (Å²) in [6.07, 6.45) is 0. The fourth-order valence-electron chi connectivity index (χ4n) is 1.69. The first-order valence-corrected chi connectivity index (χ1v) is 5.90. The van der Waals surface area contributed by atoms with Crippen molar-refractivity contribution in [2.24, 2.45) is 0 Å². The molecule has 0 radical (unpaired) electrons. The van der Waals surface area contributed by atoms with Crippen LogP contribution in [-0.2, 0) is 6.54 Å². The van der Waals surface area contributed by atoms with E-state index in [2.05, 4.69) is 15.5 Å². The van der Waals surface area contributed by atoms with E-state index in [9.17, 15) is 19.3 Å². The molecule has 0 aliphatic rings. The maximum Gasteiger partial charge on any atom is 0.270 e. The van der Waals surface area contributed by atoms with E-state index in [-0.39, 0.29) is 23.6 Å². The molecule has 1 amide bonds. The van der Waals surface area contributed by atoms with Crippen molar-refractivity contribution in [3.05, 3.63) is 50.9 Å². The Bertz CT molecular complexity index is 713. The number of carbonyl (C=O) groups is 1. The molecule has 1 aromatic heterocycles. The second kappa shape index (κ2) is 5.65. The number of carbonyl (C=O) groups excluding carboxylic acids is 1. The van der Waals surface area contributed by atoms with Gasteiger partial charge >= 0.3 is 0 Å². The number of aryl methyl sites for hydroxylation is 2. The summed E-state index contributed by atoms with van der Waals surface area (Å²) in [5.74, 6) is -1.04. The maximum absolute atomic E-state index is 13.9. The first kappa shape index (κ1) is 14.6. The van der Waals surface area contributed by atoms with Gasteiger partial charge in [-0.3, -0.25) is 14.9 Å². The molecule has 0 saturated heterocycles. The Hall–Kier alpha value is -2.84. The lowest BCUT2D eigenvalue weighted by Gasteiger charge is -2.06. The molecule has 0 fully saturated rings. The average Bonchev–Trinajstić information content (AvgIpc) is 2.84. The van der Waals surface area contributed by atoms with Gasteiger partial charge in [-0.05, 0) is 12.5 Å². The van der Waals surface area contributed by atoms with Crippen LogP contribution in [0.2, 0.25) is 0 Å². The van der Waals surface area contributed by atoms with E-state index in [0.29, 0.717) is 5.89 Å². The summed E-state index contributed by atoms with van der Waals surface area (Å²) < 4.78 is 18.6. The largest absolute Gasteiger partial charge is 0.345 e. The number of nitrogens with zero attached hydrogens (tertiary/aromatic N) is 3. The number of nitro groups is 1. The van der Waals surface area contributed by atoms with Crippen LogP contribution < -0.4 is 5.32 Å². The Morgan fingerprint density at radius 3 is 2.76 bits per heavy atom. The molecule has 8 nitrogen and oxygen atoms in total. The van der Waals surface area contributed by atoms with E-state index in [1.165, 1.54) is 6.92 Å². The third-order valence-corrected chi connectivity index (χ3v) is 2.67. The Balaban J connectivity index is 2.20. The molecule has 2 aromatic rings. The van der Waals surface area contributed by atoms with E-state index in [1.807, 2.05) is 0 Å². The maximum atomic E-state index is 13.9. The van der Waals surface area contributed by atoms with Crippen LogP contribution in [0.3, 0.4) is 0 Å². The summed E-state index contributed by atoms with van der Waals surface area (Å²) in [7, 11) is 0. The highest BCUT2D eigenvalue weighted by atomic mass is 19.1. The standard InChI is InChI=1S/C12H11FN4O4/c1-6-3-8(17(19)20)4-9(11(6)13)12(18)14-5-10-15-7(2)21-16-10/h3-4H,5H2,1-2H3,(H,14,18). The molecule has 110 valence electrons. The predicted molar refractivity (Wildman–Crippen MR) is 68.0 cm³/mol. The number of halogens is 1. The number of nitro benzene ring substituents is 1. The molecule has 0 unspecified atom stereocenters. The van der Waals surface area contributed by atoms with Crippen LogP contribution in [0.25, 0.3) is 0 Å². The molecule has 0 bridgehead atoms. The van der Waals surface area contributed by atoms with E-state index in [4.69, 9.17) is 4.52 Å². The van der Waals surface area contributed by atoms with Crippen LogP contribution in [-0.4, -0.2) is 21.0 Å². The lowest BCUT2D eigenvalue weighted by molar-refractivity contribution is -0.385. The minimum absolute atomic E-state index is 0.0183. The second-order valence-corrected chi connectivity index (χ2v) is 4.29. The van der Waals surface area contributed by atoms with Crippen molar-refractivity contribution < 1.29 is 18.6 Å². The number of benzene rings is 1. The van der Waals surface area contributed by atoms with Gasteiger partial charge in [-0.2, -0.15) is 4.98 Å². The van der Waals surface area contributed by atoms with Crippen molar-refractivity contribution in [1.29, 1.82) is 0 Å². The zero-order chi connectivity index (χ0) is 15.6. The zero-order valence-electron chi connectivity index (χ0n) is 11.2. The number of non-ortho nitro benzene ring substituents is 1. The van der Waals surface area contributed by atoms with E-state index < -0.39 is 22.2 Å². The molecule has 0 aliphatic heterocycles. The van der Waals surface area contributed by atoms with Gasteiger partial charge < -0.3 is 9.84 Å². The van der Waals surface area contributed by atoms with Crippen molar-refractivity contribution >= 4 is 11.6 Å². The van der Waals surface area contributed by atoms with Crippen LogP contribution in [0.15, 0.2) is 16.7 Å². The predicted octanol–water partition coefficient (Wildman–Crippen LogP) is 1.66.